The summed E-state index contributed by atoms with van der Waals surface area (Å²) in [5, 5.41) is 28.8. The van der Waals surface area contributed by atoms with Crippen LogP contribution in [-0.4, -0.2) is 38.1 Å². The fraction of sp³-hybridized carbons (Fsp3) is 0.545. The number of anilines is 1. The highest BCUT2D eigenvalue weighted by atomic mass is 16.6. The Morgan fingerprint density at radius 1 is 1.79 bits per heavy atom. The van der Waals surface area contributed by atoms with Crippen LogP contribution < -0.4 is 11.4 Å². The van der Waals surface area contributed by atoms with Gasteiger partial charge in [-0.05, 0) is 13.0 Å². The molecule has 0 saturated carbocycles. The number of nitrogens with two attached hydrogens (primary N) is 1. The van der Waals surface area contributed by atoms with Crippen LogP contribution in [0, 0.1) is 11.3 Å². The van der Waals surface area contributed by atoms with Gasteiger partial charge in [-0.25, -0.2) is 4.79 Å². The highest BCUT2D eigenvalue weighted by Gasteiger charge is 2.52. The third-order valence-electron chi connectivity index (χ3n) is 3.12. The van der Waals surface area contributed by atoms with Crippen LogP contribution in [-0.2, 0) is 10.5 Å². The summed E-state index contributed by atoms with van der Waals surface area (Å²) in [6.45, 7) is 1.48. The molecule has 4 atom stereocenters. The molecule has 8 heteroatoms. The van der Waals surface area contributed by atoms with Crippen LogP contribution in [0.3, 0.4) is 0 Å². The van der Waals surface area contributed by atoms with Gasteiger partial charge in [0.05, 0.1) is 12.2 Å². The van der Waals surface area contributed by atoms with E-state index in [2.05, 4.69) is 4.98 Å². The van der Waals surface area contributed by atoms with Gasteiger partial charge in [-0.15, -0.1) is 0 Å². The fourth-order valence-electron chi connectivity index (χ4n) is 2.07. The van der Waals surface area contributed by atoms with Crippen molar-refractivity contribution < 1.29 is 14.9 Å². The third-order valence-corrected chi connectivity index (χ3v) is 3.12. The minimum absolute atomic E-state index is 0.00824. The predicted molar refractivity (Wildman–Crippen MR) is 63.7 cm³/mol. The zero-order chi connectivity index (χ0) is 14.2. The third kappa shape index (κ3) is 2.08. The molecule has 1 saturated heterocycles. The standard InChI is InChI=1S/C11H14N4O4/c1-6(16)7-4-8(17)11(5-12,19-7)15-3-2-9(13)14-10(15)18/h2-3,6-8,16-17H,4H2,1H3,(H2,13,14,18)/t6-,7+,8+,11-/m1/s1. The summed E-state index contributed by atoms with van der Waals surface area (Å²) in [7, 11) is 0. The molecular weight excluding hydrogens is 252 g/mol. The highest BCUT2D eigenvalue weighted by molar-refractivity contribution is 5.25. The van der Waals surface area contributed by atoms with Gasteiger partial charge >= 0.3 is 5.69 Å². The van der Waals surface area contributed by atoms with Crippen LogP contribution in [0.1, 0.15) is 13.3 Å². The predicted octanol–water partition coefficient (Wildman–Crippen LogP) is -1.47. The van der Waals surface area contributed by atoms with Gasteiger partial charge in [-0.2, -0.15) is 10.2 Å². The SMILES string of the molecule is C[C@@H](O)[C@@H]1C[C@H](O)[C@](C#N)(n2ccc(N)nc2=O)O1. The van der Waals surface area contributed by atoms with Gasteiger partial charge in [0, 0.05) is 12.6 Å². The molecular formula is C11H14N4O4. The van der Waals surface area contributed by atoms with Crippen molar-refractivity contribution >= 4 is 5.82 Å². The Kier molecular flexibility index (Phi) is 3.28. The van der Waals surface area contributed by atoms with E-state index in [0.29, 0.717) is 0 Å². The number of rotatable bonds is 2. The van der Waals surface area contributed by atoms with Crippen molar-refractivity contribution in [3.63, 3.8) is 0 Å². The van der Waals surface area contributed by atoms with Crippen LogP contribution in [0.5, 0.6) is 0 Å². The quantitative estimate of drug-likeness (QED) is 0.595. The second-order valence-corrected chi connectivity index (χ2v) is 4.46. The summed E-state index contributed by atoms with van der Waals surface area (Å²) < 4.78 is 6.29. The molecule has 19 heavy (non-hydrogen) atoms. The smallest absolute Gasteiger partial charge is 0.352 e. The number of nitriles is 1. The lowest BCUT2D eigenvalue weighted by atomic mass is 10.0. The van der Waals surface area contributed by atoms with Gasteiger partial charge in [0.15, 0.2) is 0 Å². The number of hydrogen-bond acceptors (Lipinski definition) is 7. The van der Waals surface area contributed by atoms with Crippen LogP contribution in [0.4, 0.5) is 5.82 Å². The summed E-state index contributed by atoms with van der Waals surface area (Å²) in [6, 6.07) is 3.11. The number of hydrogen-bond donors (Lipinski definition) is 3. The maximum absolute atomic E-state index is 11.8. The Morgan fingerprint density at radius 3 is 2.95 bits per heavy atom. The van der Waals surface area contributed by atoms with Gasteiger partial charge in [-0.1, -0.05) is 0 Å². The van der Waals surface area contributed by atoms with E-state index < -0.39 is 29.7 Å². The molecule has 1 aromatic heterocycles. The molecule has 0 spiro atoms. The Labute approximate surface area is 108 Å². The van der Waals surface area contributed by atoms with E-state index in [1.54, 1.807) is 6.07 Å². The lowest BCUT2D eigenvalue weighted by molar-refractivity contribution is -0.122. The Hall–Kier alpha value is -1.95. The van der Waals surface area contributed by atoms with Crippen molar-refractivity contribution in [2.24, 2.45) is 0 Å². The van der Waals surface area contributed by atoms with Crippen molar-refractivity contribution in [3.05, 3.63) is 22.7 Å². The maximum Gasteiger partial charge on any atom is 0.352 e. The fourth-order valence-corrected chi connectivity index (χ4v) is 2.07. The van der Waals surface area contributed by atoms with Crippen molar-refractivity contribution in [2.75, 3.05) is 5.73 Å². The molecule has 0 bridgehead atoms. The van der Waals surface area contributed by atoms with Gasteiger partial charge in [0.25, 0.3) is 5.72 Å². The maximum atomic E-state index is 11.8. The zero-order valence-corrected chi connectivity index (χ0v) is 10.2. The first-order valence-electron chi connectivity index (χ1n) is 5.71. The topological polar surface area (TPSA) is 134 Å². The van der Waals surface area contributed by atoms with E-state index in [1.165, 1.54) is 19.2 Å². The molecule has 2 rings (SSSR count). The molecule has 8 nitrogen and oxygen atoms in total. The van der Waals surface area contributed by atoms with E-state index in [0.717, 1.165) is 4.57 Å². The zero-order valence-electron chi connectivity index (χ0n) is 10.2. The van der Waals surface area contributed by atoms with E-state index in [1.807, 2.05) is 0 Å². The lowest BCUT2D eigenvalue weighted by Gasteiger charge is -2.26. The minimum atomic E-state index is -1.89. The highest BCUT2D eigenvalue weighted by Crippen LogP contribution is 2.35. The molecule has 1 aliphatic rings. The number of nitrogens with zero attached hydrogens (tertiary/aromatic N) is 3. The molecule has 4 N–H and O–H groups in total. The molecule has 0 radical (unpaired) electrons. The summed E-state index contributed by atoms with van der Waals surface area (Å²) in [4.78, 5) is 15.3. The van der Waals surface area contributed by atoms with Crippen molar-refractivity contribution in [1.82, 2.24) is 9.55 Å². The lowest BCUT2D eigenvalue weighted by Crippen LogP contribution is -2.48. The van der Waals surface area contributed by atoms with Crippen molar-refractivity contribution in [2.45, 2.75) is 37.4 Å². The monoisotopic (exact) mass is 266 g/mol. The van der Waals surface area contributed by atoms with Crippen LogP contribution >= 0.6 is 0 Å². The summed E-state index contributed by atoms with van der Waals surface area (Å²) in [6.07, 6.45) is -1.58. The van der Waals surface area contributed by atoms with Gasteiger partial charge in [0.1, 0.15) is 18.0 Å². The molecule has 1 aliphatic heterocycles. The number of aromatic nitrogens is 2. The average molecular weight is 266 g/mol. The second kappa shape index (κ2) is 4.62. The summed E-state index contributed by atoms with van der Waals surface area (Å²) in [5.74, 6) is 0.00824. The minimum Gasteiger partial charge on any atom is -0.391 e. The molecule has 0 amide bonds. The Morgan fingerprint density at radius 2 is 2.47 bits per heavy atom. The van der Waals surface area contributed by atoms with E-state index in [9.17, 15) is 20.3 Å². The molecule has 2 heterocycles. The normalized spacial score (nSPS) is 31.9. The number of aliphatic hydroxyl groups excluding tert-OH is 2. The van der Waals surface area contributed by atoms with Crippen molar-refractivity contribution in [1.29, 1.82) is 5.26 Å². The molecule has 1 aromatic rings. The summed E-state index contributed by atoms with van der Waals surface area (Å²) in [5.41, 5.74) is 2.68. The molecule has 0 aliphatic carbocycles. The molecule has 1 fully saturated rings. The molecule has 0 unspecified atom stereocenters. The second-order valence-electron chi connectivity index (χ2n) is 4.46. The van der Waals surface area contributed by atoms with Gasteiger partial charge in [-0.3, -0.25) is 4.57 Å². The first kappa shape index (κ1) is 13.5. The Bertz CT molecular complexity index is 579. The first-order valence-corrected chi connectivity index (χ1v) is 5.71. The molecule has 0 aromatic carbocycles. The van der Waals surface area contributed by atoms with Crippen LogP contribution in [0.2, 0.25) is 0 Å². The van der Waals surface area contributed by atoms with Gasteiger partial charge in [0.2, 0.25) is 0 Å². The molecule has 102 valence electrons. The summed E-state index contributed by atoms with van der Waals surface area (Å²) >= 11 is 0. The van der Waals surface area contributed by atoms with E-state index >= 15 is 0 Å². The van der Waals surface area contributed by atoms with E-state index in [4.69, 9.17) is 10.5 Å². The number of aliphatic hydroxyl groups is 2. The largest absolute Gasteiger partial charge is 0.391 e. The number of nitrogen functional groups attached to an aromatic ring is 1. The van der Waals surface area contributed by atoms with E-state index in [-0.39, 0.29) is 12.2 Å². The van der Waals surface area contributed by atoms with Crippen molar-refractivity contribution in [3.8, 4) is 6.07 Å². The van der Waals surface area contributed by atoms with Crippen LogP contribution in [0.15, 0.2) is 17.1 Å². The Balaban J connectivity index is 2.50. The average Bonchev–Trinajstić information content (AvgIpc) is 2.68. The first-order chi connectivity index (χ1) is 8.90. The van der Waals surface area contributed by atoms with Gasteiger partial charge < -0.3 is 20.7 Å². The number of ether oxygens (including phenoxy) is 1. The van der Waals surface area contributed by atoms with Crippen LogP contribution in [0.25, 0.3) is 0 Å².